The molecule has 0 spiro atoms. The van der Waals surface area contributed by atoms with Crippen LogP contribution >= 0.6 is 0 Å². The van der Waals surface area contributed by atoms with Crippen LogP contribution in [-0.2, 0) is 13.0 Å². The van der Waals surface area contributed by atoms with Crippen molar-refractivity contribution in [1.29, 1.82) is 0 Å². The molecule has 1 aromatic carbocycles. The smallest absolute Gasteiger partial charge is 0.322 e. The van der Waals surface area contributed by atoms with E-state index in [4.69, 9.17) is 9.72 Å². The number of piperidine rings is 1. The highest BCUT2D eigenvalue weighted by Gasteiger charge is 2.28. The molecule has 154 valence electrons. The fraction of sp³-hybridized carbons (Fsp3) is 0.500. The molecule has 4 rings (SSSR count). The predicted molar refractivity (Wildman–Crippen MR) is 114 cm³/mol. The van der Waals surface area contributed by atoms with Crippen molar-refractivity contribution in [1.82, 2.24) is 14.9 Å². The Hall–Kier alpha value is -2.83. The van der Waals surface area contributed by atoms with E-state index in [1.165, 1.54) is 12.8 Å². The zero-order chi connectivity index (χ0) is 20.4. The predicted octanol–water partition coefficient (Wildman–Crippen LogP) is 3.62. The highest BCUT2D eigenvalue weighted by Crippen LogP contribution is 2.30. The van der Waals surface area contributed by atoms with Crippen LogP contribution < -0.4 is 15.0 Å². The summed E-state index contributed by atoms with van der Waals surface area (Å²) in [5, 5.41) is 2.99. The van der Waals surface area contributed by atoms with Gasteiger partial charge in [-0.15, -0.1) is 0 Å². The monoisotopic (exact) mass is 395 g/mol. The number of nitrogens with zero attached hydrogens (tertiary/aromatic N) is 4. The highest BCUT2D eigenvalue weighted by atomic mass is 16.5. The van der Waals surface area contributed by atoms with Gasteiger partial charge in [0.05, 0.1) is 19.3 Å². The first-order valence-corrected chi connectivity index (χ1v) is 10.3. The summed E-state index contributed by atoms with van der Waals surface area (Å²) in [6.07, 6.45) is 3.11. The molecule has 1 aromatic heterocycles. The largest absolute Gasteiger partial charge is 0.497 e. The first kappa shape index (κ1) is 19.5. The number of carbonyl (C=O) groups excluding carboxylic acids is 1. The molecule has 2 amide bonds. The van der Waals surface area contributed by atoms with Gasteiger partial charge in [0, 0.05) is 43.4 Å². The number of methoxy groups -OCH3 is 1. The van der Waals surface area contributed by atoms with Crippen molar-refractivity contribution in [3.63, 3.8) is 0 Å². The molecule has 2 aliphatic heterocycles. The molecule has 3 heterocycles. The number of aromatic nitrogens is 2. The van der Waals surface area contributed by atoms with E-state index in [-0.39, 0.29) is 6.03 Å². The molecule has 7 heteroatoms. The lowest BCUT2D eigenvalue weighted by Gasteiger charge is -2.36. The first-order valence-electron chi connectivity index (χ1n) is 10.3. The highest BCUT2D eigenvalue weighted by molar-refractivity contribution is 5.89. The van der Waals surface area contributed by atoms with Crippen LogP contribution in [0.15, 0.2) is 24.3 Å². The number of urea groups is 1. The Morgan fingerprint density at radius 1 is 1.21 bits per heavy atom. The Bertz CT molecular complexity index is 893. The van der Waals surface area contributed by atoms with Crippen LogP contribution in [0.2, 0.25) is 0 Å². The Balaban J connectivity index is 1.53. The topological polar surface area (TPSA) is 70.6 Å². The Labute approximate surface area is 172 Å². The second kappa shape index (κ2) is 8.27. The van der Waals surface area contributed by atoms with Gasteiger partial charge in [-0.2, -0.15) is 0 Å². The summed E-state index contributed by atoms with van der Waals surface area (Å²) in [6, 6.07) is 7.31. The van der Waals surface area contributed by atoms with Gasteiger partial charge in [-0.25, -0.2) is 14.8 Å². The van der Waals surface area contributed by atoms with Crippen molar-refractivity contribution in [2.45, 2.75) is 39.7 Å². The number of carbonyl (C=O) groups is 1. The minimum atomic E-state index is -0.109. The van der Waals surface area contributed by atoms with Crippen molar-refractivity contribution in [2.24, 2.45) is 5.92 Å². The molecule has 1 fully saturated rings. The molecule has 7 nitrogen and oxygen atoms in total. The lowest BCUT2D eigenvalue weighted by Crippen LogP contribution is -2.41. The SMILES string of the molecule is COc1cccc(NC(=O)N2CCc3nc(C)nc(N4CCC(C)CC4)c3C2)c1. The fourth-order valence-electron chi connectivity index (χ4n) is 4.08. The van der Waals surface area contributed by atoms with E-state index in [9.17, 15) is 4.79 Å². The molecule has 0 bridgehead atoms. The third-order valence-corrected chi connectivity index (χ3v) is 5.84. The Kier molecular flexibility index (Phi) is 5.56. The van der Waals surface area contributed by atoms with E-state index in [0.717, 1.165) is 59.8 Å². The normalized spacial score (nSPS) is 17.1. The summed E-state index contributed by atoms with van der Waals surface area (Å²) >= 11 is 0. The number of ether oxygens (including phenoxy) is 1. The number of rotatable bonds is 3. The van der Waals surface area contributed by atoms with Crippen LogP contribution in [0.25, 0.3) is 0 Å². The van der Waals surface area contributed by atoms with Crippen LogP contribution in [0.1, 0.15) is 36.8 Å². The zero-order valence-corrected chi connectivity index (χ0v) is 17.4. The van der Waals surface area contributed by atoms with Gasteiger partial charge >= 0.3 is 6.03 Å². The molecule has 0 atom stereocenters. The Morgan fingerprint density at radius 3 is 2.76 bits per heavy atom. The minimum absolute atomic E-state index is 0.109. The molecular formula is C22H29N5O2. The van der Waals surface area contributed by atoms with Crippen molar-refractivity contribution >= 4 is 17.5 Å². The van der Waals surface area contributed by atoms with Crippen molar-refractivity contribution < 1.29 is 9.53 Å². The average Bonchev–Trinajstić information content (AvgIpc) is 2.73. The van der Waals surface area contributed by atoms with Crippen LogP contribution in [0.5, 0.6) is 5.75 Å². The van der Waals surface area contributed by atoms with Crippen molar-refractivity contribution in [3.05, 3.63) is 41.3 Å². The number of hydrogen-bond acceptors (Lipinski definition) is 5. The van der Waals surface area contributed by atoms with Gasteiger partial charge in [0.15, 0.2) is 0 Å². The molecule has 0 saturated carbocycles. The fourth-order valence-corrected chi connectivity index (χ4v) is 4.08. The van der Waals surface area contributed by atoms with Crippen molar-refractivity contribution in [3.8, 4) is 5.75 Å². The second-order valence-corrected chi connectivity index (χ2v) is 8.02. The lowest BCUT2D eigenvalue weighted by atomic mass is 9.98. The number of amides is 2. The number of aryl methyl sites for hydroxylation is 1. The van der Waals surface area contributed by atoms with E-state index in [0.29, 0.717) is 13.1 Å². The standard InChI is InChI=1S/C22H29N5O2/c1-15-7-10-26(11-8-15)21-19-14-27(12-9-20(19)23-16(2)24-21)22(28)25-17-5-4-6-18(13-17)29-3/h4-6,13,15H,7-12,14H2,1-3H3,(H,25,28). The van der Waals surface area contributed by atoms with Gasteiger partial charge in [-0.3, -0.25) is 0 Å². The minimum Gasteiger partial charge on any atom is -0.497 e. The maximum Gasteiger partial charge on any atom is 0.322 e. The molecule has 2 aromatic rings. The van der Waals surface area contributed by atoms with Gasteiger partial charge in [0.25, 0.3) is 0 Å². The molecule has 1 N–H and O–H groups in total. The van der Waals surface area contributed by atoms with E-state index in [2.05, 4.69) is 22.1 Å². The molecule has 29 heavy (non-hydrogen) atoms. The maximum absolute atomic E-state index is 12.9. The maximum atomic E-state index is 12.9. The summed E-state index contributed by atoms with van der Waals surface area (Å²) in [4.78, 5) is 26.6. The lowest BCUT2D eigenvalue weighted by molar-refractivity contribution is 0.206. The zero-order valence-electron chi connectivity index (χ0n) is 17.4. The quantitative estimate of drug-likeness (QED) is 0.860. The number of benzene rings is 1. The molecule has 0 radical (unpaired) electrons. The molecule has 0 unspecified atom stereocenters. The second-order valence-electron chi connectivity index (χ2n) is 8.02. The van der Waals surface area contributed by atoms with Crippen LogP contribution in [0.4, 0.5) is 16.3 Å². The molecule has 2 aliphatic rings. The number of hydrogen-bond donors (Lipinski definition) is 1. The van der Waals surface area contributed by atoms with Gasteiger partial charge in [0.1, 0.15) is 17.4 Å². The summed E-state index contributed by atoms with van der Waals surface area (Å²) in [7, 11) is 1.62. The van der Waals surface area contributed by atoms with Crippen LogP contribution in [0, 0.1) is 12.8 Å². The van der Waals surface area contributed by atoms with Gasteiger partial charge < -0.3 is 19.9 Å². The van der Waals surface area contributed by atoms with E-state index < -0.39 is 0 Å². The van der Waals surface area contributed by atoms with Crippen molar-refractivity contribution in [2.75, 3.05) is 37.0 Å². The Morgan fingerprint density at radius 2 is 2.00 bits per heavy atom. The van der Waals surface area contributed by atoms with Crippen LogP contribution in [0.3, 0.4) is 0 Å². The summed E-state index contributed by atoms with van der Waals surface area (Å²) in [5.41, 5.74) is 2.90. The van der Waals surface area contributed by atoms with Gasteiger partial charge in [0.2, 0.25) is 0 Å². The third kappa shape index (κ3) is 4.28. The first-order chi connectivity index (χ1) is 14.0. The van der Waals surface area contributed by atoms with Gasteiger partial charge in [-0.1, -0.05) is 13.0 Å². The molecule has 1 saturated heterocycles. The van der Waals surface area contributed by atoms with E-state index >= 15 is 0 Å². The summed E-state index contributed by atoms with van der Waals surface area (Å²) in [5.74, 6) is 3.30. The molecule has 0 aliphatic carbocycles. The number of anilines is 2. The van der Waals surface area contributed by atoms with Gasteiger partial charge in [-0.05, 0) is 37.8 Å². The van der Waals surface area contributed by atoms with E-state index in [1.54, 1.807) is 7.11 Å². The number of fused-ring (bicyclic) bond motifs is 1. The number of nitrogens with one attached hydrogen (secondary N) is 1. The summed E-state index contributed by atoms with van der Waals surface area (Å²) < 4.78 is 5.24. The third-order valence-electron chi connectivity index (χ3n) is 5.84. The summed E-state index contributed by atoms with van der Waals surface area (Å²) in [6.45, 7) is 7.48. The van der Waals surface area contributed by atoms with Crippen LogP contribution in [-0.4, -0.2) is 47.6 Å². The average molecular weight is 396 g/mol. The van der Waals surface area contributed by atoms with E-state index in [1.807, 2.05) is 36.1 Å². The molecular weight excluding hydrogens is 366 g/mol.